The van der Waals surface area contributed by atoms with Crippen LogP contribution >= 0.6 is 11.8 Å². The van der Waals surface area contributed by atoms with E-state index >= 15 is 0 Å². The van der Waals surface area contributed by atoms with Gasteiger partial charge in [-0.05, 0) is 56.3 Å². The number of ether oxygens (including phenoxy) is 2. The number of terminal acetylenes is 1. The lowest BCUT2D eigenvalue weighted by atomic mass is 10.2. The largest absolute Gasteiger partial charge is 0.481 e. The van der Waals surface area contributed by atoms with E-state index in [1.807, 2.05) is 0 Å². The predicted octanol–water partition coefficient (Wildman–Crippen LogP) is 3.08. The van der Waals surface area contributed by atoms with Crippen molar-refractivity contribution in [2.24, 2.45) is 0 Å². The van der Waals surface area contributed by atoms with Gasteiger partial charge < -0.3 is 9.47 Å². The number of nitrogens with zero attached hydrogens (tertiary/aromatic N) is 1. The molecule has 1 heterocycles. The van der Waals surface area contributed by atoms with E-state index in [1.54, 1.807) is 51.1 Å². The first-order chi connectivity index (χ1) is 12.2. The summed E-state index contributed by atoms with van der Waals surface area (Å²) in [7, 11) is 0. The van der Waals surface area contributed by atoms with Gasteiger partial charge in [0.25, 0.3) is 11.1 Å². The molecule has 26 heavy (non-hydrogen) atoms. The molecule has 136 valence electrons. The van der Waals surface area contributed by atoms with Crippen LogP contribution in [0.1, 0.15) is 26.3 Å². The number of esters is 1. The molecular formula is C19H19NO5S. The van der Waals surface area contributed by atoms with Crippen molar-refractivity contribution in [3.05, 3.63) is 34.7 Å². The molecule has 2 amide bonds. The zero-order chi connectivity index (χ0) is 19.3. The molecule has 1 aromatic carbocycles. The summed E-state index contributed by atoms with van der Waals surface area (Å²) in [4.78, 5) is 37.4. The van der Waals surface area contributed by atoms with Crippen molar-refractivity contribution in [3.8, 4) is 18.1 Å². The average Bonchev–Trinajstić information content (AvgIpc) is 2.80. The number of amides is 2. The topological polar surface area (TPSA) is 72.9 Å². The van der Waals surface area contributed by atoms with Crippen LogP contribution in [0.3, 0.4) is 0 Å². The Morgan fingerprint density at radius 1 is 1.27 bits per heavy atom. The normalized spacial score (nSPS) is 15.9. The summed E-state index contributed by atoms with van der Waals surface area (Å²) in [5, 5.41) is -0.499. The van der Waals surface area contributed by atoms with Gasteiger partial charge in [0.15, 0.2) is 0 Å². The molecule has 0 aliphatic carbocycles. The summed E-state index contributed by atoms with van der Waals surface area (Å²) in [5.74, 6) is 1.84. The standard InChI is InChI=1S/C19H19NO5S/c1-5-10-24-14-8-6-13(7-9-14)11-15-17(22)20(18(23)26-15)12-16(21)25-19(2,3)4/h1,6-9,11H,10,12H2,2-4H3. The van der Waals surface area contributed by atoms with Crippen molar-refractivity contribution < 1.29 is 23.9 Å². The number of hydrogen-bond donors (Lipinski definition) is 0. The number of hydrogen-bond acceptors (Lipinski definition) is 6. The van der Waals surface area contributed by atoms with Crippen LogP contribution in [0.15, 0.2) is 29.2 Å². The molecule has 0 spiro atoms. The van der Waals surface area contributed by atoms with E-state index in [4.69, 9.17) is 15.9 Å². The van der Waals surface area contributed by atoms with Gasteiger partial charge in [0.1, 0.15) is 24.5 Å². The zero-order valence-electron chi connectivity index (χ0n) is 14.8. The first-order valence-corrected chi connectivity index (χ1v) is 8.65. The second-order valence-electron chi connectivity index (χ2n) is 6.42. The van der Waals surface area contributed by atoms with Crippen molar-refractivity contribution >= 4 is 35.0 Å². The Labute approximate surface area is 156 Å². The van der Waals surface area contributed by atoms with E-state index in [1.165, 1.54) is 0 Å². The first kappa shape index (κ1) is 19.6. The summed E-state index contributed by atoms with van der Waals surface area (Å²) in [6.45, 7) is 4.92. The van der Waals surface area contributed by atoms with Crippen LogP contribution in [0.25, 0.3) is 6.08 Å². The molecule has 2 rings (SSSR count). The van der Waals surface area contributed by atoms with Gasteiger partial charge in [-0.1, -0.05) is 18.1 Å². The summed E-state index contributed by atoms with van der Waals surface area (Å²) in [6, 6.07) is 6.92. The number of carbonyl (C=O) groups excluding carboxylic acids is 3. The molecule has 1 aromatic rings. The van der Waals surface area contributed by atoms with Gasteiger partial charge in [-0.25, -0.2) is 0 Å². The van der Waals surface area contributed by atoms with Gasteiger partial charge >= 0.3 is 5.97 Å². The van der Waals surface area contributed by atoms with E-state index in [9.17, 15) is 14.4 Å². The Kier molecular flexibility index (Phi) is 6.11. The molecule has 0 bridgehead atoms. The molecule has 0 atom stereocenters. The molecule has 7 heteroatoms. The van der Waals surface area contributed by atoms with Gasteiger partial charge in [0, 0.05) is 0 Å². The minimum Gasteiger partial charge on any atom is -0.481 e. The van der Waals surface area contributed by atoms with Crippen molar-refractivity contribution in [2.75, 3.05) is 13.2 Å². The maximum atomic E-state index is 12.4. The van der Waals surface area contributed by atoms with Crippen LogP contribution in [0.4, 0.5) is 4.79 Å². The monoisotopic (exact) mass is 373 g/mol. The molecular weight excluding hydrogens is 354 g/mol. The number of carbonyl (C=O) groups is 3. The molecule has 1 aliphatic rings. The zero-order valence-corrected chi connectivity index (χ0v) is 15.6. The third-order valence-electron chi connectivity index (χ3n) is 3.08. The minimum atomic E-state index is -0.683. The summed E-state index contributed by atoms with van der Waals surface area (Å²) in [5.41, 5.74) is 0.0404. The Balaban J connectivity index is 2.06. The Morgan fingerprint density at radius 3 is 2.50 bits per heavy atom. The Hall–Kier alpha value is -2.72. The fraction of sp³-hybridized carbons (Fsp3) is 0.316. The summed E-state index contributed by atoms with van der Waals surface area (Å²) < 4.78 is 10.4. The molecule has 1 fully saturated rings. The number of rotatable bonds is 5. The van der Waals surface area contributed by atoms with Gasteiger partial charge in [0.05, 0.1) is 4.91 Å². The van der Waals surface area contributed by atoms with Crippen LogP contribution in [0, 0.1) is 12.3 Å². The lowest BCUT2D eigenvalue weighted by molar-refractivity contribution is -0.156. The highest BCUT2D eigenvalue weighted by molar-refractivity contribution is 8.18. The molecule has 0 N–H and O–H groups in total. The second-order valence-corrected chi connectivity index (χ2v) is 7.41. The van der Waals surface area contributed by atoms with E-state index in [0.717, 1.165) is 22.2 Å². The van der Waals surface area contributed by atoms with Gasteiger partial charge in [-0.2, -0.15) is 0 Å². The number of thioether (sulfide) groups is 1. The van der Waals surface area contributed by atoms with Crippen molar-refractivity contribution in [1.82, 2.24) is 4.90 Å². The third-order valence-corrected chi connectivity index (χ3v) is 3.99. The summed E-state index contributed by atoms with van der Waals surface area (Å²) >= 11 is 0.788. The van der Waals surface area contributed by atoms with Crippen LogP contribution in [-0.4, -0.2) is 40.8 Å². The fourth-order valence-electron chi connectivity index (χ4n) is 2.08. The van der Waals surface area contributed by atoms with E-state index in [2.05, 4.69) is 5.92 Å². The Morgan fingerprint density at radius 2 is 1.92 bits per heavy atom. The minimum absolute atomic E-state index is 0.170. The molecule has 6 nitrogen and oxygen atoms in total. The second kappa shape index (κ2) is 8.11. The predicted molar refractivity (Wildman–Crippen MR) is 99.3 cm³/mol. The van der Waals surface area contributed by atoms with Crippen LogP contribution in [0.5, 0.6) is 5.75 Å². The molecule has 1 saturated heterocycles. The maximum absolute atomic E-state index is 12.4. The molecule has 0 unspecified atom stereocenters. The average molecular weight is 373 g/mol. The SMILES string of the molecule is C#CCOc1ccc(C=C2SC(=O)N(CC(=O)OC(C)(C)C)C2=O)cc1. The molecule has 0 aromatic heterocycles. The smallest absolute Gasteiger partial charge is 0.326 e. The van der Waals surface area contributed by atoms with E-state index in [-0.39, 0.29) is 11.5 Å². The van der Waals surface area contributed by atoms with E-state index < -0.39 is 29.3 Å². The van der Waals surface area contributed by atoms with E-state index in [0.29, 0.717) is 5.75 Å². The van der Waals surface area contributed by atoms with Crippen molar-refractivity contribution in [3.63, 3.8) is 0 Å². The highest BCUT2D eigenvalue weighted by atomic mass is 32.2. The third kappa shape index (κ3) is 5.39. The first-order valence-electron chi connectivity index (χ1n) is 7.83. The quantitative estimate of drug-likeness (QED) is 0.449. The van der Waals surface area contributed by atoms with Gasteiger partial charge in [0.2, 0.25) is 0 Å². The molecule has 0 saturated carbocycles. The number of imide groups is 1. The van der Waals surface area contributed by atoms with Crippen LogP contribution in [-0.2, 0) is 14.3 Å². The summed E-state index contributed by atoms with van der Waals surface area (Å²) in [6.07, 6.45) is 6.72. The lowest BCUT2D eigenvalue weighted by Crippen LogP contribution is -2.37. The van der Waals surface area contributed by atoms with Gasteiger partial charge in [-0.3, -0.25) is 19.3 Å². The maximum Gasteiger partial charge on any atom is 0.326 e. The Bertz CT molecular complexity index is 784. The van der Waals surface area contributed by atoms with Crippen LogP contribution < -0.4 is 4.74 Å². The molecule has 1 aliphatic heterocycles. The van der Waals surface area contributed by atoms with Crippen LogP contribution in [0.2, 0.25) is 0 Å². The van der Waals surface area contributed by atoms with Gasteiger partial charge in [-0.15, -0.1) is 6.42 Å². The highest BCUT2D eigenvalue weighted by Gasteiger charge is 2.37. The highest BCUT2D eigenvalue weighted by Crippen LogP contribution is 2.32. The number of benzene rings is 1. The molecule has 0 radical (unpaired) electrons. The van der Waals surface area contributed by atoms with Crippen molar-refractivity contribution in [1.29, 1.82) is 0 Å². The van der Waals surface area contributed by atoms with Crippen molar-refractivity contribution in [2.45, 2.75) is 26.4 Å². The fourth-order valence-corrected chi connectivity index (χ4v) is 2.91. The lowest BCUT2D eigenvalue weighted by Gasteiger charge is -2.21.